The number of esters is 1. The van der Waals surface area contributed by atoms with Gasteiger partial charge in [0.2, 0.25) is 0 Å². The predicted molar refractivity (Wildman–Crippen MR) is 135 cm³/mol. The van der Waals surface area contributed by atoms with Crippen molar-refractivity contribution >= 4 is 17.6 Å². The van der Waals surface area contributed by atoms with E-state index in [4.69, 9.17) is 9.47 Å². The maximum Gasteiger partial charge on any atom is 0.325 e. The summed E-state index contributed by atoms with van der Waals surface area (Å²) in [6.07, 6.45) is 8.62. The molecule has 1 N–H and O–H groups in total. The fourth-order valence-corrected chi connectivity index (χ4v) is 3.44. The van der Waals surface area contributed by atoms with Crippen molar-refractivity contribution in [1.82, 2.24) is 15.1 Å². The van der Waals surface area contributed by atoms with E-state index in [9.17, 15) is 9.59 Å². The minimum Gasteiger partial charge on any atom is -0.496 e. The van der Waals surface area contributed by atoms with Crippen molar-refractivity contribution in [2.75, 3.05) is 20.3 Å². The Morgan fingerprint density at radius 3 is 2.50 bits per heavy atom. The Bertz CT molecular complexity index is 1020. The molecule has 1 heterocycles. The number of carbonyl (C=O) groups is 2. The molecule has 0 aliphatic heterocycles. The molecule has 0 unspecified atom stereocenters. The summed E-state index contributed by atoms with van der Waals surface area (Å²) in [6, 6.07) is 7.57. The minimum absolute atomic E-state index is 0.203. The highest BCUT2D eigenvalue weighted by Gasteiger charge is 2.18. The predicted octanol–water partition coefficient (Wildman–Crippen LogP) is 4.94. The van der Waals surface area contributed by atoms with Gasteiger partial charge in [-0.05, 0) is 50.0 Å². The Hall–Kier alpha value is -3.35. The van der Waals surface area contributed by atoms with Gasteiger partial charge in [-0.2, -0.15) is 5.10 Å². The summed E-state index contributed by atoms with van der Waals surface area (Å²) in [4.78, 5) is 23.9. The van der Waals surface area contributed by atoms with Gasteiger partial charge in [0, 0.05) is 11.3 Å². The fourth-order valence-electron chi connectivity index (χ4n) is 3.44. The van der Waals surface area contributed by atoms with Crippen LogP contribution in [-0.4, -0.2) is 41.9 Å². The highest BCUT2D eigenvalue weighted by atomic mass is 16.5. The zero-order valence-electron chi connectivity index (χ0n) is 21.0. The Balaban J connectivity index is 0.000000720. The van der Waals surface area contributed by atoms with E-state index in [1.165, 1.54) is 19.3 Å². The fraction of sp³-hybridized carbons (Fsp3) is 0.444. The number of ether oxygens (including phenoxy) is 2. The number of nitrogens with zero attached hydrogens (tertiary/aromatic N) is 2. The molecular formula is C27H37N3O4. The van der Waals surface area contributed by atoms with Crippen LogP contribution in [0.2, 0.25) is 0 Å². The highest BCUT2D eigenvalue weighted by Crippen LogP contribution is 2.26. The van der Waals surface area contributed by atoms with Crippen molar-refractivity contribution in [2.45, 2.75) is 53.4 Å². The lowest BCUT2D eigenvalue weighted by atomic mass is 9.88. The smallest absolute Gasteiger partial charge is 0.325 e. The Morgan fingerprint density at radius 2 is 1.97 bits per heavy atom. The number of rotatable bonds is 9. The summed E-state index contributed by atoms with van der Waals surface area (Å²) in [5, 5.41) is 7.01. The van der Waals surface area contributed by atoms with Crippen LogP contribution < -0.4 is 10.1 Å². The molecule has 1 fully saturated rings. The number of allylic oxidation sites excluding steroid dienone is 2. The third kappa shape index (κ3) is 7.33. The normalized spacial score (nSPS) is 13.3. The van der Waals surface area contributed by atoms with E-state index < -0.39 is 11.9 Å². The third-order valence-corrected chi connectivity index (χ3v) is 5.68. The summed E-state index contributed by atoms with van der Waals surface area (Å²) in [5.74, 6) is 0.894. The second kappa shape index (κ2) is 13.4. The number of benzene rings is 1. The van der Waals surface area contributed by atoms with Gasteiger partial charge in [0.05, 0.1) is 19.4 Å². The molecule has 7 nitrogen and oxygen atoms in total. The van der Waals surface area contributed by atoms with Crippen LogP contribution in [0, 0.1) is 12.8 Å². The number of aromatic nitrogens is 2. The third-order valence-electron chi connectivity index (χ3n) is 5.68. The Morgan fingerprint density at radius 1 is 1.26 bits per heavy atom. The lowest BCUT2D eigenvalue weighted by Gasteiger charge is -2.18. The molecular weight excluding hydrogens is 430 g/mol. The van der Waals surface area contributed by atoms with Crippen molar-refractivity contribution in [3.05, 3.63) is 65.5 Å². The van der Waals surface area contributed by atoms with Gasteiger partial charge in [-0.25, -0.2) is 4.68 Å². The van der Waals surface area contributed by atoms with Gasteiger partial charge in [0.15, 0.2) is 5.69 Å². The number of amides is 1. The number of carbonyl (C=O) groups excluding carboxylic acids is 2. The molecule has 3 rings (SSSR count). The zero-order valence-corrected chi connectivity index (χ0v) is 21.0. The molecule has 0 bridgehead atoms. The van der Waals surface area contributed by atoms with Crippen molar-refractivity contribution < 1.29 is 19.1 Å². The number of aryl methyl sites for hydroxylation is 2. The van der Waals surface area contributed by atoms with Crippen LogP contribution in [0.1, 0.15) is 67.3 Å². The van der Waals surface area contributed by atoms with Crippen LogP contribution in [-0.2, 0) is 16.0 Å². The van der Waals surface area contributed by atoms with Gasteiger partial charge in [0.25, 0.3) is 5.91 Å². The van der Waals surface area contributed by atoms with E-state index in [0.717, 1.165) is 34.2 Å². The first-order valence-electron chi connectivity index (χ1n) is 11.8. The molecule has 0 atom stereocenters. The molecule has 1 saturated carbocycles. The topological polar surface area (TPSA) is 82.5 Å². The lowest BCUT2D eigenvalue weighted by molar-refractivity contribution is -0.141. The van der Waals surface area contributed by atoms with E-state index in [2.05, 4.69) is 23.9 Å². The summed E-state index contributed by atoms with van der Waals surface area (Å²) in [7, 11) is 1.63. The van der Waals surface area contributed by atoms with Crippen LogP contribution in [0.3, 0.4) is 0 Å². The number of nitrogens with one attached hydrogen (secondary N) is 1. The quantitative estimate of drug-likeness (QED) is 0.417. The second-order valence-corrected chi connectivity index (χ2v) is 8.28. The van der Waals surface area contributed by atoms with E-state index in [-0.39, 0.29) is 18.8 Å². The number of hydrogen-bond donors (Lipinski definition) is 1. The SMILES string of the molecule is C=C/C=C(/c1ccc(C)c(OC)c1)n1nc(C(=O)NCC(=O)OCC)cc1CC.CC1CCC1. The summed E-state index contributed by atoms with van der Waals surface area (Å²) in [6.45, 7) is 11.8. The van der Waals surface area contributed by atoms with Crippen molar-refractivity contribution in [3.63, 3.8) is 0 Å². The average Bonchev–Trinajstić information content (AvgIpc) is 3.25. The average molecular weight is 468 g/mol. The molecule has 0 radical (unpaired) electrons. The molecule has 34 heavy (non-hydrogen) atoms. The largest absolute Gasteiger partial charge is 0.496 e. The van der Waals surface area contributed by atoms with Crippen molar-refractivity contribution in [2.24, 2.45) is 5.92 Å². The first-order valence-corrected chi connectivity index (χ1v) is 11.8. The Kier molecular flexibility index (Phi) is 10.6. The molecule has 1 aliphatic carbocycles. The molecule has 184 valence electrons. The molecule has 0 saturated heterocycles. The van der Waals surface area contributed by atoms with Gasteiger partial charge in [0.1, 0.15) is 12.3 Å². The van der Waals surface area contributed by atoms with E-state index >= 15 is 0 Å². The van der Waals surface area contributed by atoms with Crippen LogP contribution in [0.4, 0.5) is 0 Å². The highest BCUT2D eigenvalue weighted by molar-refractivity contribution is 5.94. The molecule has 1 aromatic carbocycles. The van der Waals surface area contributed by atoms with Gasteiger partial charge >= 0.3 is 5.97 Å². The van der Waals surface area contributed by atoms with Crippen LogP contribution in [0.15, 0.2) is 43.0 Å². The van der Waals surface area contributed by atoms with Crippen LogP contribution in [0.5, 0.6) is 5.75 Å². The maximum absolute atomic E-state index is 12.4. The van der Waals surface area contributed by atoms with Crippen LogP contribution >= 0.6 is 0 Å². The molecule has 0 spiro atoms. The van der Waals surface area contributed by atoms with Crippen LogP contribution in [0.25, 0.3) is 5.70 Å². The number of methoxy groups -OCH3 is 1. The van der Waals surface area contributed by atoms with E-state index in [1.54, 1.807) is 30.9 Å². The lowest BCUT2D eigenvalue weighted by Crippen LogP contribution is -2.31. The molecule has 1 aromatic heterocycles. The van der Waals surface area contributed by atoms with Gasteiger partial charge < -0.3 is 14.8 Å². The van der Waals surface area contributed by atoms with Gasteiger partial charge in [-0.1, -0.05) is 57.9 Å². The molecule has 7 heteroatoms. The van der Waals surface area contributed by atoms with Crippen molar-refractivity contribution in [1.29, 1.82) is 0 Å². The monoisotopic (exact) mass is 467 g/mol. The zero-order chi connectivity index (χ0) is 25.1. The molecule has 1 amide bonds. The summed E-state index contributed by atoms with van der Waals surface area (Å²) < 4.78 is 12.0. The summed E-state index contributed by atoms with van der Waals surface area (Å²) >= 11 is 0. The minimum atomic E-state index is -0.491. The van der Waals surface area contributed by atoms with Gasteiger partial charge in [-0.3, -0.25) is 9.59 Å². The number of hydrogen-bond acceptors (Lipinski definition) is 5. The first kappa shape index (κ1) is 26.9. The molecule has 2 aromatic rings. The van der Waals surface area contributed by atoms with E-state index in [0.29, 0.717) is 6.42 Å². The summed E-state index contributed by atoms with van der Waals surface area (Å²) in [5.41, 5.74) is 3.73. The standard InChI is InChI=1S/C22H27N3O4.C5H10/c1-6-9-19(16-11-10-15(4)20(12-16)28-5)25-17(7-2)13-18(24-25)22(27)23-14-21(26)29-8-3;1-5-3-2-4-5/h6,9-13H,1,7-8,14H2,2-5H3,(H,23,27);5H,2-4H2,1H3/b19-9-;. The van der Waals surface area contributed by atoms with Gasteiger partial charge in [-0.15, -0.1) is 0 Å². The molecule has 1 aliphatic rings. The first-order chi connectivity index (χ1) is 16.3. The Labute approximate surface area is 202 Å². The second-order valence-electron chi connectivity index (χ2n) is 8.28. The van der Waals surface area contributed by atoms with E-state index in [1.807, 2.05) is 38.1 Å². The maximum atomic E-state index is 12.4. The van der Waals surface area contributed by atoms with Crippen molar-refractivity contribution in [3.8, 4) is 5.75 Å².